The summed E-state index contributed by atoms with van der Waals surface area (Å²) in [6.07, 6.45) is 0. The third kappa shape index (κ3) is 2.74. The van der Waals surface area contributed by atoms with Crippen molar-refractivity contribution in [3.8, 4) is 0 Å². The molecule has 0 spiro atoms. The standard InChI is InChI=1S/C16H18ClN/c1-3-18-16(13-8-5-4-6-9-13)14-10-7-11-15(17)12(14)2/h4-11,16,18H,3H2,1-2H3. The van der Waals surface area contributed by atoms with Crippen molar-refractivity contribution < 1.29 is 0 Å². The molecule has 1 atom stereocenters. The van der Waals surface area contributed by atoms with Crippen LogP contribution in [0.2, 0.25) is 5.02 Å². The van der Waals surface area contributed by atoms with Crippen molar-refractivity contribution in [1.82, 2.24) is 5.32 Å². The van der Waals surface area contributed by atoms with Gasteiger partial charge in [-0.2, -0.15) is 0 Å². The fraction of sp³-hybridized carbons (Fsp3) is 0.250. The summed E-state index contributed by atoms with van der Waals surface area (Å²) in [5.74, 6) is 0. The molecule has 2 aromatic rings. The molecule has 1 N–H and O–H groups in total. The minimum Gasteiger partial charge on any atom is -0.307 e. The molecule has 2 aromatic carbocycles. The average molecular weight is 260 g/mol. The fourth-order valence-electron chi connectivity index (χ4n) is 2.19. The molecular weight excluding hydrogens is 242 g/mol. The second-order valence-corrected chi connectivity index (χ2v) is 4.76. The second-order valence-electron chi connectivity index (χ2n) is 4.36. The molecule has 94 valence electrons. The monoisotopic (exact) mass is 259 g/mol. The van der Waals surface area contributed by atoms with Crippen molar-refractivity contribution in [3.63, 3.8) is 0 Å². The van der Waals surface area contributed by atoms with Gasteiger partial charge in [-0.1, -0.05) is 61.0 Å². The Morgan fingerprint density at radius 2 is 1.78 bits per heavy atom. The van der Waals surface area contributed by atoms with Gasteiger partial charge in [-0.25, -0.2) is 0 Å². The molecule has 0 bridgehead atoms. The molecule has 0 heterocycles. The van der Waals surface area contributed by atoms with E-state index >= 15 is 0 Å². The van der Waals surface area contributed by atoms with Gasteiger partial charge in [0.2, 0.25) is 0 Å². The van der Waals surface area contributed by atoms with Gasteiger partial charge in [0.05, 0.1) is 6.04 Å². The van der Waals surface area contributed by atoms with Crippen molar-refractivity contribution in [1.29, 1.82) is 0 Å². The molecule has 1 unspecified atom stereocenters. The predicted octanol–water partition coefficient (Wildman–Crippen LogP) is 4.35. The van der Waals surface area contributed by atoms with Gasteiger partial charge in [0.25, 0.3) is 0 Å². The Morgan fingerprint density at radius 3 is 2.44 bits per heavy atom. The molecule has 18 heavy (non-hydrogen) atoms. The molecule has 2 rings (SSSR count). The highest BCUT2D eigenvalue weighted by Crippen LogP contribution is 2.28. The maximum absolute atomic E-state index is 6.22. The Bertz CT molecular complexity index is 508. The van der Waals surface area contributed by atoms with Crippen LogP contribution in [0.1, 0.15) is 29.7 Å². The fourth-order valence-corrected chi connectivity index (χ4v) is 2.38. The van der Waals surface area contributed by atoms with Gasteiger partial charge >= 0.3 is 0 Å². The maximum atomic E-state index is 6.22. The first-order chi connectivity index (χ1) is 8.74. The number of hydrogen-bond donors (Lipinski definition) is 1. The lowest BCUT2D eigenvalue weighted by Gasteiger charge is -2.21. The Labute approximate surface area is 114 Å². The maximum Gasteiger partial charge on any atom is 0.0579 e. The van der Waals surface area contributed by atoms with Crippen molar-refractivity contribution >= 4 is 11.6 Å². The summed E-state index contributed by atoms with van der Waals surface area (Å²) in [7, 11) is 0. The summed E-state index contributed by atoms with van der Waals surface area (Å²) in [5, 5.41) is 4.35. The predicted molar refractivity (Wildman–Crippen MR) is 78.2 cm³/mol. The van der Waals surface area contributed by atoms with E-state index < -0.39 is 0 Å². The van der Waals surface area contributed by atoms with E-state index in [1.54, 1.807) is 0 Å². The molecule has 0 amide bonds. The summed E-state index contributed by atoms with van der Waals surface area (Å²) in [4.78, 5) is 0. The van der Waals surface area contributed by atoms with Crippen LogP contribution >= 0.6 is 11.6 Å². The molecule has 0 fully saturated rings. The number of benzene rings is 2. The topological polar surface area (TPSA) is 12.0 Å². The molecular formula is C16H18ClN. The zero-order valence-electron chi connectivity index (χ0n) is 10.8. The lowest BCUT2D eigenvalue weighted by Crippen LogP contribution is -2.22. The molecule has 0 aromatic heterocycles. The quantitative estimate of drug-likeness (QED) is 0.861. The van der Waals surface area contributed by atoms with E-state index in [1.807, 2.05) is 18.2 Å². The molecule has 0 aliphatic heterocycles. The Morgan fingerprint density at radius 1 is 1.06 bits per heavy atom. The summed E-state index contributed by atoms with van der Waals surface area (Å²) in [5.41, 5.74) is 3.66. The minimum atomic E-state index is 0.204. The van der Waals surface area contributed by atoms with Crippen LogP contribution in [0.3, 0.4) is 0 Å². The smallest absolute Gasteiger partial charge is 0.0579 e. The van der Waals surface area contributed by atoms with Crippen LogP contribution in [0.4, 0.5) is 0 Å². The van der Waals surface area contributed by atoms with E-state index in [0.717, 1.165) is 17.1 Å². The van der Waals surface area contributed by atoms with E-state index in [4.69, 9.17) is 11.6 Å². The lowest BCUT2D eigenvalue weighted by molar-refractivity contribution is 0.628. The summed E-state index contributed by atoms with van der Waals surface area (Å²) >= 11 is 6.22. The zero-order chi connectivity index (χ0) is 13.0. The van der Waals surface area contributed by atoms with Crippen molar-refractivity contribution in [2.24, 2.45) is 0 Å². The SMILES string of the molecule is CCNC(c1ccccc1)c1cccc(Cl)c1C. The summed E-state index contributed by atoms with van der Waals surface area (Å²) in [6.45, 7) is 5.12. The molecule has 0 saturated heterocycles. The number of hydrogen-bond acceptors (Lipinski definition) is 1. The Kier molecular flexibility index (Phi) is 4.40. The normalized spacial score (nSPS) is 12.4. The number of rotatable bonds is 4. The van der Waals surface area contributed by atoms with E-state index in [2.05, 4.69) is 49.5 Å². The average Bonchev–Trinajstić information content (AvgIpc) is 2.41. The van der Waals surface area contributed by atoms with Crippen molar-refractivity contribution in [2.45, 2.75) is 19.9 Å². The van der Waals surface area contributed by atoms with Gasteiger partial charge in [0.1, 0.15) is 0 Å². The Hall–Kier alpha value is -1.31. The van der Waals surface area contributed by atoms with Crippen LogP contribution in [0, 0.1) is 6.92 Å². The van der Waals surface area contributed by atoms with E-state index in [1.165, 1.54) is 11.1 Å². The third-order valence-electron chi connectivity index (χ3n) is 3.16. The first-order valence-electron chi connectivity index (χ1n) is 6.27. The largest absolute Gasteiger partial charge is 0.307 e. The van der Waals surface area contributed by atoms with Gasteiger partial charge in [-0.3, -0.25) is 0 Å². The van der Waals surface area contributed by atoms with Gasteiger partial charge in [0.15, 0.2) is 0 Å². The first-order valence-corrected chi connectivity index (χ1v) is 6.65. The van der Waals surface area contributed by atoms with Crippen LogP contribution in [-0.4, -0.2) is 6.54 Å². The minimum absolute atomic E-state index is 0.204. The van der Waals surface area contributed by atoms with Gasteiger partial charge in [-0.15, -0.1) is 0 Å². The van der Waals surface area contributed by atoms with Gasteiger partial charge < -0.3 is 5.32 Å². The number of halogens is 1. The highest BCUT2D eigenvalue weighted by atomic mass is 35.5. The first kappa shape index (κ1) is 13.1. The molecule has 0 aliphatic carbocycles. The van der Waals surface area contributed by atoms with Crippen molar-refractivity contribution in [2.75, 3.05) is 6.54 Å². The highest BCUT2D eigenvalue weighted by molar-refractivity contribution is 6.31. The molecule has 0 aliphatic rings. The third-order valence-corrected chi connectivity index (χ3v) is 3.57. The summed E-state index contributed by atoms with van der Waals surface area (Å²) in [6, 6.07) is 16.8. The molecule has 1 nitrogen and oxygen atoms in total. The second kappa shape index (κ2) is 6.03. The van der Waals surface area contributed by atoms with Crippen LogP contribution in [0.15, 0.2) is 48.5 Å². The Balaban J connectivity index is 2.45. The van der Waals surface area contributed by atoms with E-state index in [-0.39, 0.29) is 6.04 Å². The number of nitrogens with one attached hydrogen (secondary N) is 1. The van der Waals surface area contributed by atoms with Crippen LogP contribution in [0.25, 0.3) is 0 Å². The van der Waals surface area contributed by atoms with Crippen LogP contribution in [-0.2, 0) is 0 Å². The van der Waals surface area contributed by atoms with E-state index in [9.17, 15) is 0 Å². The molecule has 0 radical (unpaired) electrons. The molecule has 2 heteroatoms. The van der Waals surface area contributed by atoms with Gasteiger partial charge in [0, 0.05) is 5.02 Å². The zero-order valence-corrected chi connectivity index (χ0v) is 11.5. The lowest BCUT2D eigenvalue weighted by atomic mass is 9.95. The van der Waals surface area contributed by atoms with Gasteiger partial charge in [-0.05, 0) is 36.2 Å². The molecule has 0 saturated carbocycles. The van der Waals surface area contributed by atoms with E-state index in [0.29, 0.717) is 0 Å². The van der Waals surface area contributed by atoms with Crippen LogP contribution in [0.5, 0.6) is 0 Å². The van der Waals surface area contributed by atoms with Crippen LogP contribution < -0.4 is 5.32 Å². The van der Waals surface area contributed by atoms with Crippen molar-refractivity contribution in [3.05, 3.63) is 70.2 Å². The summed E-state index contributed by atoms with van der Waals surface area (Å²) < 4.78 is 0. The highest BCUT2D eigenvalue weighted by Gasteiger charge is 2.15.